The lowest BCUT2D eigenvalue weighted by Gasteiger charge is -2.10. The van der Waals surface area contributed by atoms with Crippen LogP contribution in [0.1, 0.15) is 17.3 Å². The Kier molecular flexibility index (Phi) is 5.00. The lowest BCUT2D eigenvalue weighted by Crippen LogP contribution is -2.13. The second-order valence-corrected chi connectivity index (χ2v) is 5.51. The first-order valence-corrected chi connectivity index (χ1v) is 8.01. The summed E-state index contributed by atoms with van der Waals surface area (Å²) in [6.07, 6.45) is 1.54. The summed E-state index contributed by atoms with van der Waals surface area (Å²) in [5.74, 6) is -0.224. The predicted octanol–water partition coefficient (Wildman–Crippen LogP) is 4.32. The average molecular weight is 360 g/mol. The topological polar surface area (TPSA) is 56.1 Å². The zero-order valence-electron chi connectivity index (χ0n) is 13.4. The molecule has 2 aromatic carbocycles. The molecule has 0 unspecified atom stereocenters. The summed E-state index contributed by atoms with van der Waals surface area (Å²) in [6.45, 7) is 2.21. The Morgan fingerprint density at radius 1 is 1.24 bits per heavy atom. The molecule has 0 aliphatic rings. The van der Waals surface area contributed by atoms with Crippen molar-refractivity contribution in [2.45, 2.75) is 6.92 Å². The number of benzene rings is 2. The molecular formula is C18H15ClFN3O2. The van der Waals surface area contributed by atoms with Gasteiger partial charge in [0, 0.05) is 12.3 Å². The van der Waals surface area contributed by atoms with Gasteiger partial charge in [-0.15, -0.1) is 5.10 Å². The maximum Gasteiger partial charge on any atom is 0.258 e. The summed E-state index contributed by atoms with van der Waals surface area (Å²) in [6, 6.07) is 12.8. The Balaban J connectivity index is 1.87. The largest absolute Gasteiger partial charge is 0.492 e. The highest BCUT2D eigenvalue weighted by atomic mass is 35.5. The van der Waals surface area contributed by atoms with Crippen molar-refractivity contribution in [3.05, 3.63) is 71.1 Å². The number of anilines is 1. The zero-order chi connectivity index (χ0) is 17.8. The molecule has 5 nitrogen and oxygen atoms in total. The Labute approximate surface area is 149 Å². The van der Waals surface area contributed by atoms with Crippen molar-refractivity contribution >= 4 is 23.3 Å². The fourth-order valence-electron chi connectivity index (χ4n) is 2.33. The maximum absolute atomic E-state index is 14.2. The van der Waals surface area contributed by atoms with Gasteiger partial charge in [0.2, 0.25) is 0 Å². The molecule has 0 saturated heterocycles. The number of nitrogens with one attached hydrogen (secondary N) is 1. The van der Waals surface area contributed by atoms with Gasteiger partial charge >= 0.3 is 0 Å². The van der Waals surface area contributed by atoms with E-state index in [0.29, 0.717) is 22.9 Å². The third kappa shape index (κ3) is 3.64. The highest BCUT2D eigenvalue weighted by molar-refractivity contribution is 6.34. The van der Waals surface area contributed by atoms with Crippen LogP contribution in [-0.2, 0) is 0 Å². The number of amides is 1. The summed E-state index contributed by atoms with van der Waals surface area (Å²) in [4.78, 5) is 12.3. The SMILES string of the molecule is CCOc1cccc(F)c1-n1ccc(NC(=O)c2ccccc2Cl)n1. The molecule has 3 rings (SSSR count). The third-order valence-electron chi connectivity index (χ3n) is 3.43. The van der Waals surface area contributed by atoms with Crippen LogP contribution < -0.4 is 10.1 Å². The van der Waals surface area contributed by atoms with Gasteiger partial charge in [0.05, 0.1) is 17.2 Å². The monoisotopic (exact) mass is 359 g/mol. The second-order valence-electron chi connectivity index (χ2n) is 5.10. The van der Waals surface area contributed by atoms with Crippen molar-refractivity contribution in [2.75, 3.05) is 11.9 Å². The number of hydrogen-bond acceptors (Lipinski definition) is 3. The van der Waals surface area contributed by atoms with Gasteiger partial charge in [0.25, 0.3) is 5.91 Å². The standard InChI is InChI=1S/C18H15ClFN3O2/c1-2-25-15-9-5-8-14(20)17(15)23-11-10-16(22-23)21-18(24)12-6-3-4-7-13(12)19/h3-11H,2H2,1H3,(H,21,22,24). The van der Waals surface area contributed by atoms with E-state index in [-0.39, 0.29) is 11.5 Å². The zero-order valence-corrected chi connectivity index (χ0v) is 14.1. The van der Waals surface area contributed by atoms with Crippen LogP contribution >= 0.6 is 11.6 Å². The maximum atomic E-state index is 14.2. The number of carbonyl (C=O) groups is 1. The summed E-state index contributed by atoms with van der Waals surface area (Å²) in [5.41, 5.74) is 0.516. The molecule has 0 aliphatic heterocycles. The molecule has 0 atom stereocenters. The van der Waals surface area contributed by atoms with E-state index in [1.54, 1.807) is 48.7 Å². The lowest BCUT2D eigenvalue weighted by molar-refractivity contribution is 0.102. The Bertz CT molecular complexity index is 911. The number of aromatic nitrogens is 2. The molecule has 128 valence electrons. The number of para-hydroxylation sites is 1. The minimum Gasteiger partial charge on any atom is -0.492 e. The van der Waals surface area contributed by atoms with Gasteiger partial charge in [-0.2, -0.15) is 0 Å². The number of rotatable bonds is 5. The van der Waals surface area contributed by atoms with Gasteiger partial charge in [-0.05, 0) is 31.2 Å². The van der Waals surface area contributed by atoms with Crippen LogP contribution in [0.25, 0.3) is 5.69 Å². The predicted molar refractivity (Wildman–Crippen MR) is 94.1 cm³/mol. The fourth-order valence-corrected chi connectivity index (χ4v) is 2.56. The minimum atomic E-state index is -0.474. The molecule has 0 saturated carbocycles. The first kappa shape index (κ1) is 17.0. The fraction of sp³-hybridized carbons (Fsp3) is 0.111. The average Bonchev–Trinajstić information content (AvgIpc) is 3.03. The summed E-state index contributed by atoms with van der Waals surface area (Å²) < 4.78 is 21.0. The number of halogens is 2. The van der Waals surface area contributed by atoms with E-state index in [1.807, 2.05) is 6.92 Å². The third-order valence-corrected chi connectivity index (χ3v) is 3.76. The molecule has 7 heteroatoms. The number of nitrogens with zero attached hydrogens (tertiary/aromatic N) is 2. The minimum absolute atomic E-state index is 0.183. The van der Waals surface area contributed by atoms with E-state index in [1.165, 1.54) is 10.7 Å². The highest BCUT2D eigenvalue weighted by Gasteiger charge is 2.15. The van der Waals surface area contributed by atoms with Crippen molar-refractivity contribution in [3.8, 4) is 11.4 Å². The van der Waals surface area contributed by atoms with E-state index in [9.17, 15) is 9.18 Å². The first-order chi connectivity index (χ1) is 12.1. The second kappa shape index (κ2) is 7.36. The molecule has 1 N–H and O–H groups in total. The Hall–Kier alpha value is -2.86. The van der Waals surface area contributed by atoms with Crippen LogP contribution in [-0.4, -0.2) is 22.3 Å². The summed E-state index contributed by atoms with van der Waals surface area (Å²) in [7, 11) is 0. The lowest BCUT2D eigenvalue weighted by atomic mass is 10.2. The molecule has 0 radical (unpaired) electrons. The molecule has 0 aliphatic carbocycles. The number of hydrogen-bond donors (Lipinski definition) is 1. The quantitative estimate of drug-likeness (QED) is 0.738. The summed E-state index contributed by atoms with van der Waals surface area (Å²) in [5, 5.41) is 7.18. The first-order valence-electron chi connectivity index (χ1n) is 7.63. The van der Waals surface area contributed by atoms with Gasteiger partial charge in [0.15, 0.2) is 11.6 Å². The van der Waals surface area contributed by atoms with E-state index < -0.39 is 11.7 Å². The van der Waals surface area contributed by atoms with E-state index >= 15 is 0 Å². The van der Waals surface area contributed by atoms with Crippen molar-refractivity contribution in [1.82, 2.24) is 9.78 Å². The molecule has 1 heterocycles. The van der Waals surface area contributed by atoms with Crippen LogP contribution in [0.15, 0.2) is 54.7 Å². The highest BCUT2D eigenvalue weighted by Crippen LogP contribution is 2.26. The van der Waals surface area contributed by atoms with Crippen LogP contribution in [0.3, 0.4) is 0 Å². The van der Waals surface area contributed by atoms with Crippen LogP contribution in [0.5, 0.6) is 5.75 Å². The van der Waals surface area contributed by atoms with Crippen molar-refractivity contribution in [1.29, 1.82) is 0 Å². The normalized spacial score (nSPS) is 10.5. The van der Waals surface area contributed by atoms with E-state index in [0.717, 1.165) is 0 Å². The van der Waals surface area contributed by atoms with Gasteiger partial charge in [0.1, 0.15) is 11.4 Å². The smallest absolute Gasteiger partial charge is 0.258 e. The molecular weight excluding hydrogens is 345 g/mol. The van der Waals surface area contributed by atoms with E-state index in [2.05, 4.69) is 10.4 Å². The molecule has 0 fully saturated rings. The van der Waals surface area contributed by atoms with Gasteiger partial charge in [-0.3, -0.25) is 4.79 Å². The van der Waals surface area contributed by atoms with Crippen molar-refractivity contribution in [2.24, 2.45) is 0 Å². The van der Waals surface area contributed by atoms with Crippen molar-refractivity contribution < 1.29 is 13.9 Å². The molecule has 1 amide bonds. The van der Waals surface area contributed by atoms with Crippen LogP contribution in [0, 0.1) is 5.82 Å². The number of carbonyl (C=O) groups excluding carboxylic acids is 1. The van der Waals surface area contributed by atoms with Gasteiger partial charge in [-0.25, -0.2) is 9.07 Å². The van der Waals surface area contributed by atoms with Crippen LogP contribution in [0.4, 0.5) is 10.2 Å². The molecule has 0 bridgehead atoms. The van der Waals surface area contributed by atoms with Crippen molar-refractivity contribution in [3.63, 3.8) is 0 Å². The summed E-state index contributed by atoms with van der Waals surface area (Å²) >= 11 is 6.01. The Morgan fingerprint density at radius 2 is 2.04 bits per heavy atom. The van der Waals surface area contributed by atoms with Gasteiger partial charge < -0.3 is 10.1 Å². The molecule has 1 aromatic heterocycles. The van der Waals surface area contributed by atoms with Crippen LogP contribution in [0.2, 0.25) is 5.02 Å². The molecule has 0 spiro atoms. The molecule has 3 aromatic rings. The van der Waals surface area contributed by atoms with E-state index in [4.69, 9.17) is 16.3 Å². The van der Waals surface area contributed by atoms with Gasteiger partial charge in [-0.1, -0.05) is 29.8 Å². The molecule has 25 heavy (non-hydrogen) atoms. The Morgan fingerprint density at radius 3 is 2.80 bits per heavy atom. The number of ether oxygens (including phenoxy) is 1.